The fourth-order valence-electron chi connectivity index (χ4n) is 2.22. The first-order chi connectivity index (χ1) is 10.7. The van der Waals surface area contributed by atoms with Gasteiger partial charge in [-0.1, -0.05) is 36.4 Å². The van der Waals surface area contributed by atoms with E-state index in [-0.39, 0.29) is 11.5 Å². The van der Waals surface area contributed by atoms with Crippen LogP contribution >= 0.6 is 0 Å². The highest BCUT2D eigenvalue weighted by Crippen LogP contribution is 2.34. The summed E-state index contributed by atoms with van der Waals surface area (Å²) in [5, 5.41) is 10.4. The standard InChI is InChI=1S/C18H14O4/c1-21-18-10-17-13(9-16(18)20)14(11-22-17)15(19)8-7-12-5-3-2-4-6-12/h2-11,20H,1H3/b8-7+. The molecule has 4 heteroatoms. The number of ketones is 1. The van der Waals surface area contributed by atoms with Crippen molar-refractivity contribution < 1.29 is 19.1 Å². The lowest BCUT2D eigenvalue weighted by molar-refractivity contribution is 0.104. The number of benzene rings is 2. The van der Waals surface area contributed by atoms with Crippen LogP contribution in [-0.4, -0.2) is 18.0 Å². The molecule has 0 aliphatic heterocycles. The van der Waals surface area contributed by atoms with Gasteiger partial charge in [0.05, 0.1) is 12.7 Å². The second kappa shape index (κ2) is 5.77. The van der Waals surface area contributed by atoms with Gasteiger partial charge >= 0.3 is 0 Å². The maximum atomic E-state index is 12.3. The predicted molar refractivity (Wildman–Crippen MR) is 84.2 cm³/mol. The first kappa shape index (κ1) is 13.9. The lowest BCUT2D eigenvalue weighted by atomic mass is 10.1. The van der Waals surface area contributed by atoms with Crippen molar-refractivity contribution in [2.45, 2.75) is 0 Å². The SMILES string of the molecule is COc1cc2occ(C(=O)/C=C/c3ccccc3)c2cc1O. The Labute approximate surface area is 127 Å². The van der Waals surface area contributed by atoms with E-state index in [1.54, 1.807) is 12.1 Å². The van der Waals surface area contributed by atoms with Crippen LogP contribution in [0.3, 0.4) is 0 Å². The van der Waals surface area contributed by atoms with Crippen LogP contribution in [0.5, 0.6) is 11.5 Å². The number of methoxy groups -OCH3 is 1. The molecule has 0 radical (unpaired) electrons. The zero-order valence-electron chi connectivity index (χ0n) is 11.9. The molecule has 1 N–H and O–H groups in total. The molecule has 3 aromatic rings. The van der Waals surface area contributed by atoms with Gasteiger partial charge in [0, 0.05) is 11.5 Å². The first-order valence-electron chi connectivity index (χ1n) is 6.74. The number of ether oxygens (including phenoxy) is 1. The maximum Gasteiger partial charge on any atom is 0.189 e. The molecule has 0 aliphatic carbocycles. The zero-order chi connectivity index (χ0) is 15.5. The number of hydrogen-bond acceptors (Lipinski definition) is 4. The van der Waals surface area contributed by atoms with Crippen LogP contribution in [-0.2, 0) is 0 Å². The van der Waals surface area contributed by atoms with E-state index in [0.717, 1.165) is 5.56 Å². The van der Waals surface area contributed by atoms with Gasteiger partial charge in [0.2, 0.25) is 0 Å². The van der Waals surface area contributed by atoms with Gasteiger partial charge in [-0.05, 0) is 17.7 Å². The minimum Gasteiger partial charge on any atom is -0.504 e. The summed E-state index contributed by atoms with van der Waals surface area (Å²) in [4.78, 5) is 12.3. The quantitative estimate of drug-likeness (QED) is 0.582. The van der Waals surface area contributed by atoms with Gasteiger partial charge in [0.15, 0.2) is 17.3 Å². The smallest absolute Gasteiger partial charge is 0.189 e. The number of aromatic hydroxyl groups is 1. The molecule has 0 saturated carbocycles. The van der Waals surface area contributed by atoms with Gasteiger partial charge < -0.3 is 14.3 Å². The number of allylic oxidation sites excluding steroid dienone is 1. The number of hydrogen-bond donors (Lipinski definition) is 1. The van der Waals surface area contributed by atoms with Crippen molar-refractivity contribution in [1.29, 1.82) is 0 Å². The summed E-state index contributed by atoms with van der Waals surface area (Å²) >= 11 is 0. The first-order valence-corrected chi connectivity index (χ1v) is 6.74. The highest BCUT2D eigenvalue weighted by Gasteiger charge is 2.14. The Hall–Kier alpha value is -3.01. The summed E-state index contributed by atoms with van der Waals surface area (Å²) in [6, 6.07) is 12.6. The largest absolute Gasteiger partial charge is 0.504 e. The third-order valence-corrected chi connectivity index (χ3v) is 3.37. The fourth-order valence-corrected chi connectivity index (χ4v) is 2.22. The van der Waals surface area contributed by atoms with Crippen LogP contribution in [0.2, 0.25) is 0 Å². The summed E-state index contributed by atoms with van der Waals surface area (Å²) in [6.45, 7) is 0. The Morgan fingerprint density at radius 2 is 2.00 bits per heavy atom. The highest BCUT2D eigenvalue weighted by molar-refractivity contribution is 6.14. The van der Waals surface area contributed by atoms with Crippen molar-refractivity contribution in [3.63, 3.8) is 0 Å². The van der Waals surface area contributed by atoms with Gasteiger partial charge in [-0.25, -0.2) is 0 Å². The van der Waals surface area contributed by atoms with Crippen molar-refractivity contribution in [2.75, 3.05) is 7.11 Å². The third kappa shape index (κ3) is 2.59. The Balaban J connectivity index is 1.95. The molecule has 0 atom stereocenters. The molecule has 0 bridgehead atoms. The van der Waals surface area contributed by atoms with Crippen molar-refractivity contribution in [3.05, 3.63) is 65.9 Å². The van der Waals surface area contributed by atoms with Crippen LogP contribution in [0.15, 0.2) is 59.2 Å². The number of phenols is 1. The number of fused-ring (bicyclic) bond motifs is 1. The van der Waals surface area contributed by atoms with Crippen LogP contribution < -0.4 is 4.74 Å². The summed E-state index contributed by atoms with van der Waals surface area (Å²) in [6.07, 6.45) is 4.62. The van der Waals surface area contributed by atoms with Gasteiger partial charge in [0.25, 0.3) is 0 Å². The molecular formula is C18H14O4. The van der Waals surface area contributed by atoms with Crippen molar-refractivity contribution in [3.8, 4) is 11.5 Å². The normalized spacial score (nSPS) is 11.1. The summed E-state index contributed by atoms with van der Waals surface area (Å²) in [7, 11) is 1.46. The Morgan fingerprint density at radius 1 is 1.23 bits per heavy atom. The molecular weight excluding hydrogens is 280 g/mol. The van der Waals surface area contributed by atoms with Gasteiger partial charge in [-0.15, -0.1) is 0 Å². The lowest BCUT2D eigenvalue weighted by Crippen LogP contribution is -1.92. The molecule has 110 valence electrons. The van der Waals surface area contributed by atoms with E-state index < -0.39 is 0 Å². The van der Waals surface area contributed by atoms with E-state index >= 15 is 0 Å². The number of rotatable bonds is 4. The molecule has 0 amide bonds. The van der Waals surface area contributed by atoms with E-state index in [0.29, 0.717) is 22.3 Å². The minimum atomic E-state index is -0.188. The predicted octanol–water partition coefficient (Wildman–Crippen LogP) is 4.04. The molecule has 0 unspecified atom stereocenters. The molecule has 0 saturated heterocycles. The average molecular weight is 294 g/mol. The Bertz CT molecular complexity index is 844. The third-order valence-electron chi connectivity index (χ3n) is 3.37. The van der Waals surface area contributed by atoms with E-state index in [9.17, 15) is 9.90 Å². The molecule has 0 aliphatic rings. The molecule has 1 heterocycles. The lowest BCUT2D eigenvalue weighted by Gasteiger charge is -2.02. The average Bonchev–Trinajstić information content (AvgIpc) is 2.95. The van der Waals surface area contributed by atoms with E-state index in [4.69, 9.17) is 9.15 Å². The topological polar surface area (TPSA) is 59.7 Å². The van der Waals surface area contributed by atoms with E-state index in [1.165, 1.54) is 25.5 Å². The Morgan fingerprint density at radius 3 is 2.73 bits per heavy atom. The molecule has 3 rings (SSSR count). The monoisotopic (exact) mass is 294 g/mol. The van der Waals surface area contributed by atoms with Crippen molar-refractivity contribution in [1.82, 2.24) is 0 Å². The second-order valence-corrected chi connectivity index (χ2v) is 4.78. The van der Waals surface area contributed by atoms with Crippen LogP contribution in [0.4, 0.5) is 0 Å². The number of furan rings is 1. The fraction of sp³-hybridized carbons (Fsp3) is 0.0556. The molecule has 0 spiro atoms. The number of phenolic OH excluding ortho intramolecular Hbond substituents is 1. The minimum absolute atomic E-state index is 0.0301. The van der Waals surface area contributed by atoms with Gasteiger partial charge in [-0.3, -0.25) is 4.79 Å². The molecule has 4 nitrogen and oxygen atoms in total. The zero-order valence-corrected chi connectivity index (χ0v) is 11.9. The van der Waals surface area contributed by atoms with Crippen molar-refractivity contribution >= 4 is 22.8 Å². The van der Waals surface area contributed by atoms with E-state index in [2.05, 4.69) is 0 Å². The summed E-state index contributed by atoms with van der Waals surface area (Å²) in [5.41, 5.74) is 1.83. The van der Waals surface area contributed by atoms with E-state index in [1.807, 2.05) is 30.3 Å². The van der Waals surface area contributed by atoms with Gasteiger partial charge in [-0.2, -0.15) is 0 Å². The summed E-state index contributed by atoms with van der Waals surface area (Å²) in [5.74, 6) is 0.0883. The van der Waals surface area contributed by atoms with Gasteiger partial charge in [0.1, 0.15) is 11.8 Å². The molecule has 1 aromatic heterocycles. The molecule has 0 fully saturated rings. The Kier molecular flexibility index (Phi) is 3.66. The highest BCUT2D eigenvalue weighted by atomic mass is 16.5. The van der Waals surface area contributed by atoms with Crippen LogP contribution in [0.25, 0.3) is 17.0 Å². The van der Waals surface area contributed by atoms with Crippen LogP contribution in [0.1, 0.15) is 15.9 Å². The maximum absolute atomic E-state index is 12.3. The molecule has 22 heavy (non-hydrogen) atoms. The van der Waals surface area contributed by atoms with Crippen LogP contribution in [0, 0.1) is 0 Å². The number of carbonyl (C=O) groups excluding carboxylic acids is 1. The number of carbonyl (C=O) groups is 1. The van der Waals surface area contributed by atoms with Crippen molar-refractivity contribution in [2.24, 2.45) is 0 Å². The summed E-state index contributed by atoms with van der Waals surface area (Å²) < 4.78 is 10.4. The second-order valence-electron chi connectivity index (χ2n) is 4.78. The molecule has 2 aromatic carbocycles.